The molecule has 0 aromatic heterocycles. The van der Waals surface area contributed by atoms with E-state index in [4.69, 9.17) is 0 Å². The molecule has 36 heavy (non-hydrogen) atoms. The standard InChI is InChI=1S/C29H32N4O3/c34-27(20-30-25-15-7-12-23(17-25)29(36)33-24-13-5-2-6-14-24)32-26-16-8-11-22(18-26)28(35)31-19-21-9-3-1-4-10-21/h1,3-4,7-12,15-18,24,30H,2,5-6,13-14,19-20H2,(H,31,35)(H,32,34)(H,33,36). The van der Waals surface area contributed by atoms with Crippen molar-refractivity contribution in [3.63, 3.8) is 0 Å². The van der Waals surface area contributed by atoms with Crippen LogP contribution < -0.4 is 21.3 Å². The molecule has 3 aromatic rings. The fourth-order valence-corrected chi connectivity index (χ4v) is 4.29. The van der Waals surface area contributed by atoms with Gasteiger partial charge in [0.1, 0.15) is 0 Å². The van der Waals surface area contributed by atoms with Gasteiger partial charge in [0.05, 0.1) is 6.54 Å². The lowest BCUT2D eigenvalue weighted by atomic mass is 9.95. The molecule has 0 bridgehead atoms. The lowest BCUT2D eigenvalue weighted by Gasteiger charge is -2.22. The summed E-state index contributed by atoms with van der Waals surface area (Å²) >= 11 is 0. The van der Waals surface area contributed by atoms with Gasteiger partial charge in [-0.3, -0.25) is 14.4 Å². The van der Waals surface area contributed by atoms with Crippen molar-refractivity contribution < 1.29 is 14.4 Å². The molecule has 3 amide bonds. The molecule has 4 N–H and O–H groups in total. The molecule has 7 nitrogen and oxygen atoms in total. The van der Waals surface area contributed by atoms with E-state index in [-0.39, 0.29) is 30.3 Å². The molecular weight excluding hydrogens is 452 g/mol. The summed E-state index contributed by atoms with van der Waals surface area (Å²) in [6, 6.07) is 23.9. The first-order valence-electron chi connectivity index (χ1n) is 12.4. The Morgan fingerprint density at radius 2 is 1.39 bits per heavy atom. The molecule has 0 aliphatic heterocycles. The van der Waals surface area contributed by atoms with Crippen LogP contribution in [0.25, 0.3) is 0 Å². The quantitative estimate of drug-likeness (QED) is 0.353. The number of nitrogens with one attached hydrogen (secondary N) is 4. The lowest BCUT2D eigenvalue weighted by molar-refractivity contribution is -0.114. The number of amides is 3. The molecule has 1 fully saturated rings. The Morgan fingerprint density at radius 3 is 2.14 bits per heavy atom. The van der Waals surface area contributed by atoms with Crippen molar-refractivity contribution in [1.29, 1.82) is 0 Å². The van der Waals surface area contributed by atoms with Crippen LogP contribution in [0.15, 0.2) is 78.9 Å². The van der Waals surface area contributed by atoms with Crippen molar-refractivity contribution in [3.8, 4) is 0 Å². The Hall–Kier alpha value is -4.13. The van der Waals surface area contributed by atoms with Gasteiger partial charge in [-0.15, -0.1) is 0 Å². The topological polar surface area (TPSA) is 99.3 Å². The van der Waals surface area contributed by atoms with E-state index in [1.807, 2.05) is 36.4 Å². The van der Waals surface area contributed by atoms with Gasteiger partial charge in [0.25, 0.3) is 11.8 Å². The van der Waals surface area contributed by atoms with Crippen LogP contribution in [0.4, 0.5) is 11.4 Å². The predicted octanol–water partition coefficient (Wildman–Crippen LogP) is 4.73. The van der Waals surface area contributed by atoms with E-state index >= 15 is 0 Å². The molecule has 0 saturated heterocycles. The Bertz CT molecular complexity index is 1190. The van der Waals surface area contributed by atoms with Crippen molar-refractivity contribution in [1.82, 2.24) is 10.6 Å². The van der Waals surface area contributed by atoms with Crippen molar-refractivity contribution in [2.45, 2.75) is 44.7 Å². The monoisotopic (exact) mass is 484 g/mol. The van der Waals surface area contributed by atoms with E-state index in [0.29, 0.717) is 29.0 Å². The molecule has 1 aliphatic carbocycles. The van der Waals surface area contributed by atoms with Gasteiger partial charge in [-0.05, 0) is 54.8 Å². The van der Waals surface area contributed by atoms with Crippen LogP contribution in [-0.2, 0) is 11.3 Å². The molecule has 0 atom stereocenters. The third-order valence-electron chi connectivity index (χ3n) is 6.22. The highest BCUT2D eigenvalue weighted by Gasteiger charge is 2.17. The number of carbonyl (C=O) groups is 3. The van der Waals surface area contributed by atoms with E-state index in [1.54, 1.807) is 42.5 Å². The van der Waals surface area contributed by atoms with E-state index in [9.17, 15) is 14.4 Å². The first-order valence-corrected chi connectivity index (χ1v) is 12.4. The smallest absolute Gasteiger partial charge is 0.251 e. The SMILES string of the molecule is O=C(CNc1cccc(C(=O)NC2CCCCC2)c1)Nc1cccc(C(=O)NCc2ccccc2)c1. The van der Waals surface area contributed by atoms with Gasteiger partial charge in [0, 0.05) is 35.1 Å². The first kappa shape index (κ1) is 25.0. The normalized spacial score (nSPS) is 13.4. The number of hydrogen-bond acceptors (Lipinski definition) is 4. The molecule has 186 valence electrons. The van der Waals surface area contributed by atoms with E-state index in [0.717, 1.165) is 31.2 Å². The average molecular weight is 485 g/mol. The zero-order valence-corrected chi connectivity index (χ0v) is 20.3. The summed E-state index contributed by atoms with van der Waals surface area (Å²) in [5.74, 6) is -0.553. The summed E-state index contributed by atoms with van der Waals surface area (Å²) in [7, 11) is 0. The van der Waals surface area contributed by atoms with E-state index in [1.165, 1.54) is 6.42 Å². The largest absolute Gasteiger partial charge is 0.376 e. The fraction of sp³-hybridized carbons (Fsp3) is 0.276. The second-order valence-electron chi connectivity index (χ2n) is 9.04. The molecule has 0 unspecified atom stereocenters. The number of carbonyl (C=O) groups excluding carboxylic acids is 3. The Kier molecular flexibility index (Phi) is 8.70. The fourth-order valence-electron chi connectivity index (χ4n) is 4.29. The van der Waals surface area contributed by atoms with E-state index in [2.05, 4.69) is 21.3 Å². The summed E-state index contributed by atoms with van der Waals surface area (Å²) in [5.41, 5.74) is 3.27. The maximum Gasteiger partial charge on any atom is 0.251 e. The molecule has 3 aromatic carbocycles. The molecule has 0 radical (unpaired) electrons. The summed E-state index contributed by atoms with van der Waals surface area (Å²) in [6.45, 7) is 0.454. The van der Waals surface area contributed by atoms with Crippen LogP contribution in [0.2, 0.25) is 0 Å². The molecule has 4 rings (SSSR count). The Labute approximate surface area is 211 Å². The maximum atomic E-state index is 12.6. The van der Waals surface area contributed by atoms with Crippen LogP contribution in [0.3, 0.4) is 0 Å². The Morgan fingerprint density at radius 1 is 0.722 bits per heavy atom. The van der Waals surface area contributed by atoms with Crippen molar-refractivity contribution in [2.75, 3.05) is 17.2 Å². The molecule has 1 saturated carbocycles. The summed E-state index contributed by atoms with van der Waals surface area (Å²) in [6.07, 6.45) is 5.60. The first-order chi connectivity index (χ1) is 17.6. The highest BCUT2D eigenvalue weighted by Crippen LogP contribution is 2.18. The van der Waals surface area contributed by atoms with Crippen molar-refractivity contribution in [2.24, 2.45) is 0 Å². The second-order valence-corrected chi connectivity index (χ2v) is 9.04. The van der Waals surface area contributed by atoms with Crippen LogP contribution in [0.1, 0.15) is 58.4 Å². The average Bonchev–Trinajstić information content (AvgIpc) is 2.92. The summed E-state index contributed by atoms with van der Waals surface area (Å²) in [5, 5.41) is 11.9. The van der Waals surface area contributed by atoms with Gasteiger partial charge < -0.3 is 21.3 Å². The van der Waals surface area contributed by atoms with Crippen LogP contribution >= 0.6 is 0 Å². The third-order valence-corrected chi connectivity index (χ3v) is 6.22. The van der Waals surface area contributed by atoms with Crippen LogP contribution in [-0.4, -0.2) is 30.3 Å². The third kappa shape index (κ3) is 7.43. The van der Waals surface area contributed by atoms with Gasteiger partial charge in [0.2, 0.25) is 5.91 Å². The molecule has 0 spiro atoms. The van der Waals surface area contributed by atoms with Crippen LogP contribution in [0.5, 0.6) is 0 Å². The van der Waals surface area contributed by atoms with Gasteiger partial charge in [-0.25, -0.2) is 0 Å². The van der Waals surface area contributed by atoms with Gasteiger partial charge in [0.15, 0.2) is 0 Å². The number of hydrogen-bond donors (Lipinski definition) is 4. The highest BCUT2D eigenvalue weighted by molar-refractivity contribution is 5.98. The Balaban J connectivity index is 1.26. The number of anilines is 2. The lowest BCUT2D eigenvalue weighted by Crippen LogP contribution is -2.36. The highest BCUT2D eigenvalue weighted by atomic mass is 16.2. The predicted molar refractivity (Wildman–Crippen MR) is 142 cm³/mol. The zero-order valence-electron chi connectivity index (χ0n) is 20.3. The van der Waals surface area contributed by atoms with Gasteiger partial charge >= 0.3 is 0 Å². The molecule has 1 aliphatic rings. The molecule has 7 heteroatoms. The summed E-state index contributed by atoms with van der Waals surface area (Å²) in [4.78, 5) is 37.6. The van der Waals surface area contributed by atoms with Crippen molar-refractivity contribution in [3.05, 3.63) is 95.6 Å². The van der Waals surface area contributed by atoms with Crippen molar-refractivity contribution >= 4 is 29.1 Å². The minimum atomic E-state index is -0.256. The van der Waals surface area contributed by atoms with Gasteiger partial charge in [-0.2, -0.15) is 0 Å². The number of benzene rings is 3. The minimum absolute atomic E-state index is 0.0259. The molecule has 0 heterocycles. The molecular formula is C29H32N4O3. The van der Waals surface area contributed by atoms with Gasteiger partial charge in [-0.1, -0.05) is 61.7 Å². The zero-order chi connectivity index (χ0) is 25.2. The minimum Gasteiger partial charge on any atom is -0.376 e. The van der Waals surface area contributed by atoms with Crippen LogP contribution in [0, 0.1) is 0 Å². The summed E-state index contributed by atoms with van der Waals surface area (Å²) < 4.78 is 0. The maximum absolute atomic E-state index is 12.6. The van der Waals surface area contributed by atoms with E-state index < -0.39 is 0 Å². The number of rotatable bonds is 9. The second kappa shape index (κ2) is 12.5.